The molecule has 21 heavy (non-hydrogen) atoms. The summed E-state index contributed by atoms with van der Waals surface area (Å²) in [5.41, 5.74) is 0.424. The van der Waals surface area contributed by atoms with E-state index < -0.39 is 5.92 Å². The predicted octanol–water partition coefficient (Wildman–Crippen LogP) is 3.23. The van der Waals surface area contributed by atoms with Gasteiger partial charge in [-0.25, -0.2) is 0 Å². The van der Waals surface area contributed by atoms with Gasteiger partial charge in [0.25, 0.3) is 0 Å². The topological polar surface area (TPSA) is 78.1 Å². The fourth-order valence-corrected chi connectivity index (χ4v) is 2.10. The van der Waals surface area contributed by atoms with Gasteiger partial charge in [0.05, 0.1) is 11.6 Å². The van der Waals surface area contributed by atoms with E-state index in [4.69, 9.17) is 20.9 Å². The van der Waals surface area contributed by atoms with E-state index in [2.05, 4.69) is 15.1 Å². The minimum Gasteiger partial charge on any atom is -0.465 e. The molecule has 1 atom stereocenters. The third-order valence-corrected chi connectivity index (χ3v) is 3.16. The Bertz CT molecular complexity index is 615. The van der Waals surface area contributed by atoms with Crippen LogP contribution in [0.1, 0.15) is 38.5 Å². The lowest BCUT2D eigenvalue weighted by molar-refractivity contribution is -0.145. The first kappa shape index (κ1) is 15.4. The van der Waals surface area contributed by atoms with Crippen molar-refractivity contribution in [2.75, 3.05) is 6.61 Å². The highest BCUT2D eigenvalue weighted by Gasteiger charge is 2.28. The summed E-state index contributed by atoms with van der Waals surface area (Å²) in [6, 6.07) is 3.40. The third kappa shape index (κ3) is 3.58. The maximum absolute atomic E-state index is 12.0. The molecular formula is C14H16ClN3O3. The molecule has 2 heterocycles. The van der Waals surface area contributed by atoms with Gasteiger partial charge in [0.1, 0.15) is 11.6 Å². The van der Waals surface area contributed by atoms with Gasteiger partial charge in [-0.2, -0.15) is 4.98 Å². The second kappa shape index (κ2) is 7.17. The van der Waals surface area contributed by atoms with Crippen molar-refractivity contribution in [3.8, 4) is 11.5 Å². The number of aromatic nitrogens is 3. The predicted molar refractivity (Wildman–Crippen MR) is 76.8 cm³/mol. The van der Waals surface area contributed by atoms with Crippen LogP contribution in [0.2, 0.25) is 5.02 Å². The number of esters is 1. The van der Waals surface area contributed by atoms with Crippen LogP contribution in [0.15, 0.2) is 22.9 Å². The van der Waals surface area contributed by atoms with Gasteiger partial charge in [0, 0.05) is 6.20 Å². The molecule has 0 saturated carbocycles. The molecule has 0 saturated heterocycles. The lowest BCUT2D eigenvalue weighted by Gasteiger charge is -2.09. The fourth-order valence-electron chi connectivity index (χ4n) is 1.90. The van der Waals surface area contributed by atoms with Crippen molar-refractivity contribution in [1.29, 1.82) is 0 Å². The van der Waals surface area contributed by atoms with E-state index in [1.54, 1.807) is 25.3 Å². The summed E-state index contributed by atoms with van der Waals surface area (Å²) >= 11 is 6.05. The lowest BCUT2D eigenvalue weighted by atomic mass is 10.0. The summed E-state index contributed by atoms with van der Waals surface area (Å²) in [6.07, 6.45) is 2.97. The van der Waals surface area contributed by atoms with Gasteiger partial charge in [-0.3, -0.25) is 9.78 Å². The van der Waals surface area contributed by atoms with E-state index in [1.165, 1.54) is 0 Å². The molecule has 0 aliphatic carbocycles. The number of rotatable bonds is 6. The van der Waals surface area contributed by atoms with Crippen LogP contribution in [0.25, 0.3) is 11.5 Å². The molecule has 2 rings (SSSR count). The van der Waals surface area contributed by atoms with Gasteiger partial charge in [-0.1, -0.05) is 30.1 Å². The van der Waals surface area contributed by atoms with E-state index in [9.17, 15) is 4.79 Å². The highest BCUT2D eigenvalue weighted by atomic mass is 35.5. The fraction of sp³-hybridized carbons (Fsp3) is 0.429. The molecule has 0 bridgehead atoms. The van der Waals surface area contributed by atoms with Crippen LogP contribution < -0.4 is 0 Å². The normalized spacial score (nSPS) is 12.1. The summed E-state index contributed by atoms with van der Waals surface area (Å²) in [6.45, 7) is 4.04. The largest absolute Gasteiger partial charge is 0.465 e. The van der Waals surface area contributed by atoms with Gasteiger partial charge in [-0.05, 0) is 25.5 Å². The summed E-state index contributed by atoms with van der Waals surface area (Å²) in [4.78, 5) is 20.3. The number of nitrogens with zero attached hydrogens (tertiary/aromatic N) is 3. The molecule has 0 amide bonds. The quantitative estimate of drug-likeness (QED) is 0.762. The highest BCUT2D eigenvalue weighted by Crippen LogP contribution is 2.26. The number of carbonyl (C=O) groups is 1. The van der Waals surface area contributed by atoms with Crippen molar-refractivity contribution in [2.45, 2.75) is 32.6 Å². The molecule has 2 aromatic heterocycles. The zero-order chi connectivity index (χ0) is 15.2. The Morgan fingerprint density at radius 1 is 1.48 bits per heavy atom. The van der Waals surface area contributed by atoms with E-state index >= 15 is 0 Å². The van der Waals surface area contributed by atoms with Crippen molar-refractivity contribution in [3.63, 3.8) is 0 Å². The molecule has 0 radical (unpaired) electrons. The average Bonchev–Trinajstić information content (AvgIpc) is 2.94. The summed E-state index contributed by atoms with van der Waals surface area (Å²) in [5, 5.41) is 4.28. The average molecular weight is 310 g/mol. The van der Waals surface area contributed by atoms with Crippen LogP contribution in [0, 0.1) is 0 Å². The molecule has 1 unspecified atom stereocenters. The molecule has 0 spiro atoms. The second-order valence-corrected chi connectivity index (χ2v) is 4.79. The highest BCUT2D eigenvalue weighted by molar-refractivity contribution is 6.32. The molecular weight excluding hydrogens is 294 g/mol. The van der Waals surface area contributed by atoms with E-state index in [0.29, 0.717) is 23.7 Å². The van der Waals surface area contributed by atoms with Gasteiger partial charge in [-0.15, -0.1) is 0 Å². The number of ether oxygens (including phenoxy) is 1. The Kier molecular flexibility index (Phi) is 5.27. The lowest BCUT2D eigenvalue weighted by Crippen LogP contribution is -2.16. The van der Waals surface area contributed by atoms with E-state index in [-0.39, 0.29) is 17.7 Å². The SMILES string of the molecule is CCCC(C(=O)OCC)c1nc(-c2ncccc2Cl)no1. The zero-order valence-corrected chi connectivity index (χ0v) is 12.6. The summed E-state index contributed by atoms with van der Waals surface area (Å²) in [7, 11) is 0. The van der Waals surface area contributed by atoms with Crippen LogP contribution in [0.3, 0.4) is 0 Å². The number of hydrogen-bond donors (Lipinski definition) is 0. The molecule has 6 nitrogen and oxygen atoms in total. The number of halogens is 1. The maximum atomic E-state index is 12.0. The van der Waals surface area contributed by atoms with Crippen molar-refractivity contribution in [1.82, 2.24) is 15.1 Å². The van der Waals surface area contributed by atoms with Crippen LogP contribution in [0.4, 0.5) is 0 Å². The Labute approximate surface area is 127 Å². The number of pyridine rings is 1. The molecule has 112 valence electrons. The zero-order valence-electron chi connectivity index (χ0n) is 11.9. The minimum atomic E-state index is -0.557. The van der Waals surface area contributed by atoms with E-state index in [1.807, 2.05) is 6.92 Å². The van der Waals surface area contributed by atoms with Crippen LogP contribution in [0.5, 0.6) is 0 Å². The van der Waals surface area contributed by atoms with Crippen molar-refractivity contribution in [2.24, 2.45) is 0 Å². The molecule has 0 aromatic carbocycles. The van der Waals surface area contributed by atoms with Gasteiger partial charge < -0.3 is 9.26 Å². The standard InChI is InChI=1S/C14H16ClN3O3/c1-3-6-9(14(19)20-4-2)13-17-12(18-21-13)11-10(15)7-5-8-16-11/h5,7-9H,3-4,6H2,1-2H3. The third-order valence-electron chi connectivity index (χ3n) is 2.86. The van der Waals surface area contributed by atoms with Gasteiger partial charge in [0.2, 0.25) is 11.7 Å². The number of carbonyl (C=O) groups excluding carboxylic acids is 1. The molecule has 2 aromatic rings. The molecule has 0 aliphatic heterocycles. The molecule has 0 aliphatic rings. The molecule has 0 fully saturated rings. The minimum absolute atomic E-state index is 0.229. The first-order chi connectivity index (χ1) is 10.2. The van der Waals surface area contributed by atoms with Crippen molar-refractivity contribution >= 4 is 17.6 Å². The second-order valence-electron chi connectivity index (χ2n) is 4.38. The molecule has 7 heteroatoms. The van der Waals surface area contributed by atoms with Crippen LogP contribution in [-0.2, 0) is 9.53 Å². The Balaban J connectivity index is 2.28. The van der Waals surface area contributed by atoms with E-state index in [0.717, 1.165) is 6.42 Å². The van der Waals surface area contributed by atoms with Gasteiger partial charge >= 0.3 is 5.97 Å². The Hall–Kier alpha value is -1.95. The summed E-state index contributed by atoms with van der Waals surface area (Å²) in [5.74, 6) is -0.423. The maximum Gasteiger partial charge on any atom is 0.318 e. The van der Waals surface area contributed by atoms with Crippen molar-refractivity contribution < 1.29 is 14.1 Å². The first-order valence-corrected chi connectivity index (χ1v) is 7.16. The van der Waals surface area contributed by atoms with Crippen LogP contribution >= 0.6 is 11.6 Å². The number of hydrogen-bond acceptors (Lipinski definition) is 6. The monoisotopic (exact) mass is 309 g/mol. The summed E-state index contributed by atoms with van der Waals surface area (Å²) < 4.78 is 10.2. The van der Waals surface area contributed by atoms with Crippen LogP contribution in [-0.4, -0.2) is 27.7 Å². The smallest absolute Gasteiger partial charge is 0.318 e. The Morgan fingerprint density at radius 2 is 2.29 bits per heavy atom. The van der Waals surface area contributed by atoms with Gasteiger partial charge in [0.15, 0.2) is 0 Å². The molecule has 0 N–H and O–H groups in total. The van der Waals surface area contributed by atoms with Crippen molar-refractivity contribution in [3.05, 3.63) is 29.2 Å². The Morgan fingerprint density at radius 3 is 2.95 bits per heavy atom. The first-order valence-electron chi connectivity index (χ1n) is 6.78.